The molecule has 4 heteroatoms. The van der Waals surface area contributed by atoms with Crippen LogP contribution >= 0.6 is 0 Å². The van der Waals surface area contributed by atoms with Crippen LogP contribution in [0.15, 0.2) is 54.2 Å². The highest BCUT2D eigenvalue weighted by atomic mass is 28.3. The van der Waals surface area contributed by atoms with Crippen molar-refractivity contribution < 1.29 is 14.0 Å². The molecule has 1 aromatic rings. The molecule has 0 radical (unpaired) electrons. The van der Waals surface area contributed by atoms with Crippen LogP contribution < -0.4 is 0 Å². The lowest BCUT2D eigenvalue weighted by molar-refractivity contribution is -0.137. The van der Waals surface area contributed by atoms with Crippen LogP contribution in [0.25, 0.3) is 11.3 Å². The number of carbonyl (C=O) groups excluding carboxylic acids is 1. The Hall–Kier alpha value is -2.33. The summed E-state index contributed by atoms with van der Waals surface area (Å²) >= 11 is 0. The third-order valence-electron chi connectivity index (χ3n) is 4.97. The number of esters is 1. The van der Waals surface area contributed by atoms with Crippen LogP contribution in [-0.4, -0.2) is 21.6 Å². The fourth-order valence-corrected chi connectivity index (χ4v) is 4.11. The summed E-state index contributed by atoms with van der Waals surface area (Å²) in [5.41, 5.74) is 5.89. The van der Waals surface area contributed by atoms with Crippen LogP contribution in [0.4, 0.5) is 0 Å². The van der Waals surface area contributed by atoms with Gasteiger partial charge in [0.15, 0.2) is 0 Å². The molecule has 29 heavy (non-hydrogen) atoms. The van der Waals surface area contributed by atoms with Gasteiger partial charge >= 0.3 is 5.97 Å². The van der Waals surface area contributed by atoms with Gasteiger partial charge < -0.3 is 9.16 Å². The summed E-state index contributed by atoms with van der Waals surface area (Å²) in [6.45, 7) is 15.2. The van der Waals surface area contributed by atoms with Gasteiger partial charge in [0.25, 0.3) is 0 Å². The Morgan fingerprint density at radius 1 is 1.24 bits per heavy atom. The predicted molar refractivity (Wildman–Crippen MR) is 125 cm³/mol. The van der Waals surface area contributed by atoms with Crippen molar-refractivity contribution in [2.45, 2.75) is 59.5 Å². The molecular formula is C25H34O3Si. The Morgan fingerprint density at radius 3 is 2.62 bits per heavy atom. The molecule has 0 amide bonds. The van der Waals surface area contributed by atoms with Crippen LogP contribution in [0.2, 0.25) is 13.1 Å². The van der Waals surface area contributed by atoms with Gasteiger partial charge in [-0.25, -0.2) is 4.79 Å². The van der Waals surface area contributed by atoms with Crippen LogP contribution in [0.1, 0.15) is 57.7 Å². The van der Waals surface area contributed by atoms with Gasteiger partial charge in [-0.3, -0.25) is 0 Å². The highest BCUT2D eigenvalue weighted by Gasteiger charge is 2.29. The number of carbonyl (C=O) groups is 1. The predicted octanol–water partition coefficient (Wildman–Crippen LogP) is 6.18. The normalized spacial score (nSPS) is 16.6. The molecule has 0 heterocycles. The third kappa shape index (κ3) is 6.33. The minimum Gasteiger partial charge on any atom is -0.547 e. The second-order valence-corrected chi connectivity index (χ2v) is 10.8. The van der Waals surface area contributed by atoms with Crippen molar-refractivity contribution in [3.05, 3.63) is 70.8 Å². The molecule has 156 valence electrons. The van der Waals surface area contributed by atoms with Crippen LogP contribution in [-0.2, 0) is 19.4 Å². The molecule has 0 bridgehead atoms. The number of hydrogen-bond acceptors (Lipinski definition) is 3. The summed E-state index contributed by atoms with van der Waals surface area (Å²) in [7, 11) is -1.17. The number of benzene rings is 1. The standard InChI is InChI=1S/C25H34O3Si/c1-8-27-24(26)16-18(2)10-9-11-19(3)20-12-13-22-21(17-20)23(28-29(6)7)14-15-25(22,4)5/h9-14,16-17,29H,8,15H2,1-7H3. The lowest BCUT2D eigenvalue weighted by Gasteiger charge is -2.33. The Balaban J connectivity index is 2.27. The fourth-order valence-electron chi connectivity index (χ4n) is 3.38. The average molecular weight is 411 g/mol. The second kappa shape index (κ2) is 9.93. The van der Waals surface area contributed by atoms with Gasteiger partial charge in [-0.2, -0.15) is 0 Å². The smallest absolute Gasteiger partial charge is 0.330 e. The van der Waals surface area contributed by atoms with E-state index in [0.717, 1.165) is 23.3 Å². The van der Waals surface area contributed by atoms with Gasteiger partial charge in [0.2, 0.25) is 9.04 Å². The van der Waals surface area contributed by atoms with E-state index in [1.54, 1.807) is 6.92 Å². The van der Waals surface area contributed by atoms with Crippen molar-refractivity contribution in [1.82, 2.24) is 0 Å². The van der Waals surface area contributed by atoms with Gasteiger partial charge in [0.1, 0.15) is 5.76 Å². The number of rotatable bonds is 7. The maximum absolute atomic E-state index is 11.5. The summed E-state index contributed by atoms with van der Waals surface area (Å²) in [6, 6.07) is 6.69. The Labute approximate surface area is 177 Å². The van der Waals surface area contributed by atoms with Gasteiger partial charge in [-0.1, -0.05) is 44.2 Å². The molecule has 0 unspecified atom stereocenters. The SMILES string of the molecule is CCOC(=O)C=C(C)C=CC=C(C)c1ccc2c(c1)C(O[SiH](C)C)=CCC2(C)C. The summed E-state index contributed by atoms with van der Waals surface area (Å²) in [5, 5.41) is 0. The summed E-state index contributed by atoms with van der Waals surface area (Å²) in [4.78, 5) is 11.5. The molecule has 0 N–H and O–H groups in total. The van der Waals surface area contributed by atoms with Gasteiger partial charge in [-0.15, -0.1) is 0 Å². The maximum Gasteiger partial charge on any atom is 0.330 e. The van der Waals surface area contributed by atoms with Crippen LogP contribution in [0.3, 0.4) is 0 Å². The fraction of sp³-hybridized carbons (Fsp3) is 0.400. The largest absolute Gasteiger partial charge is 0.547 e. The highest BCUT2D eigenvalue weighted by Crippen LogP contribution is 2.40. The van der Waals surface area contributed by atoms with E-state index < -0.39 is 9.04 Å². The minimum atomic E-state index is -1.17. The van der Waals surface area contributed by atoms with Gasteiger partial charge in [0.05, 0.1) is 6.61 Å². The quantitative estimate of drug-likeness (QED) is 0.233. The maximum atomic E-state index is 11.5. The molecule has 0 fully saturated rings. The average Bonchev–Trinajstić information content (AvgIpc) is 2.63. The summed E-state index contributed by atoms with van der Waals surface area (Å²) in [5.74, 6) is 0.736. The molecule has 1 aliphatic rings. The lowest BCUT2D eigenvalue weighted by Crippen LogP contribution is -2.23. The van der Waals surface area contributed by atoms with Crippen molar-refractivity contribution in [3.63, 3.8) is 0 Å². The second-order valence-electron chi connectivity index (χ2n) is 8.43. The first kappa shape index (κ1) is 23.0. The summed E-state index contributed by atoms with van der Waals surface area (Å²) in [6.07, 6.45) is 10.7. The number of ether oxygens (including phenoxy) is 1. The first-order valence-electron chi connectivity index (χ1n) is 10.4. The number of allylic oxidation sites excluding steroid dienone is 6. The molecule has 2 rings (SSSR count). The topological polar surface area (TPSA) is 35.5 Å². The Kier molecular flexibility index (Phi) is 7.85. The van der Waals surface area contributed by atoms with E-state index in [1.165, 1.54) is 22.8 Å². The molecule has 1 aliphatic carbocycles. The Morgan fingerprint density at radius 2 is 1.97 bits per heavy atom. The molecule has 0 aromatic heterocycles. The van der Waals surface area contributed by atoms with Crippen molar-refractivity contribution in [2.75, 3.05) is 6.61 Å². The number of fused-ring (bicyclic) bond motifs is 1. The molecule has 0 aliphatic heterocycles. The van der Waals surface area contributed by atoms with E-state index in [-0.39, 0.29) is 11.4 Å². The van der Waals surface area contributed by atoms with Gasteiger partial charge in [-0.05, 0) is 80.1 Å². The van der Waals surface area contributed by atoms with E-state index in [0.29, 0.717) is 6.61 Å². The van der Waals surface area contributed by atoms with Crippen LogP contribution in [0, 0.1) is 0 Å². The first-order chi connectivity index (χ1) is 13.6. The molecule has 0 saturated carbocycles. The monoisotopic (exact) mass is 410 g/mol. The number of hydrogen-bond donors (Lipinski definition) is 0. The summed E-state index contributed by atoms with van der Waals surface area (Å²) < 4.78 is 11.2. The molecule has 3 nitrogen and oxygen atoms in total. The van der Waals surface area contributed by atoms with E-state index in [1.807, 2.05) is 19.1 Å². The zero-order valence-corrected chi connectivity index (χ0v) is 20.0. The zero-order chi connectivity index (χ0) is 21.6. The Bertz CT molecular complexity index is 870. The molecule has 0 saturated heterocycles. The van der Waals surface area contributed by atoms with Crippen LogP contribution in [0.5, 0.6) is 0 Å². The zero-order valence-electron chi connectivity index (χ0n) is 18.8. The van der Waals surface area contributed by atoms with Crippen molar-refractivity contribution >= 4 is 26.3 Å². The first-order valence-corrected chi connectivity index (χ1v) is 13.1. The van der Waals surface area contributed by atoms with Crippen molar-refractivity contribution in [3.8, 4) is 0 Å². The molecule has 0 spiro atoms. The van der Waals surface area contributed by atoms with E-state index >= 15 is 0 Å². The van der Waals surface area contributed by atoms with E-state index in [2.05, 4.69) is 64.2 Å². The van der Waals surface area contributed by atoms with E-state index in [9.17, 15) is 4.79 Å². The van der Waals surface area contributed by atoms with Crippen molar-refractivity contribution in [2.24, 2.45) is 0 Å². The third-order valence-corrected chi connectivity index (χ3v) is 5.69. The molecule has 1 aromatic carbocycles. The minimum absolute atomic E-state index is 0.117. The molecule has 0 atom stereocenters. The van der Waals surface area contributed by atoms with Gasteiger partial charge in [0, 0.05) is 11.6 Å². The lowest BCUT2D eigenvalue weighted by atomic mass is 9.74. The molecular weight excluding hydrogens is 376 g/mol. The van der Waals surface area contributed by atoms with E-state index in [4.69, 9.17) is 9.16 Å². The van der Waals surface area contributed by atoms with Crippen molar-refractivity contribution in [1.29, 1.82) is 0 Å². The highest BCUT2D eigenvalue weighted by molar-refractivity contribution is 6.49.